The van der Waals surface area contributed by atoms with Gasteiger partial charge >= 0.3 is 0 Å². The highest BCUT2D eigenvalue weighted by Crippen LogP contribution is 2.30. The average molecular weight is 351 g/mol. The monoisotopic (exact) mass is 350 g/mol. The quantitative estimate of drug-likeness (QED) is 0.679. The largest absolute Gasteiger partial charge is 0.508 e. The Morgan fingerprint density at radius 1 is 1.24 bits per heavy atom. The van der Waals surface area contributed by atoms with E-state index < -0.39 is 10.8 Å². The summed E-state index contributed by atoms with van der Waals surface area (Å²) in [4.78, 5) is 24.1. The smallest absolute Gasteiger partial charge is 0.284 e. The molecule has 2 aromatic rings. The van der Waals surface area contributed by atoms with E-state index in [9.17, 15) is 20.0 Å². The average Bonchev–Trinajstić information content (AvgIpc) is 2.46. The Kier molecular flexibility index (Phi) is 4.23. The number of carbonyl (C=O) groups excluding carboxylic acids is 1. The van der Waals surface area contributed by atoms with Crippen molar-refractivity contribution < 1.29 is 14.8 Å². The molecule has 6 nitrogen and oxygen atoms in total. The Labute approximate surface area is 128 Å². The van der Waals surface area contributed by atoms with Crippen molar-refractivity contribution in [1.82, 2.24) is 0 Å². The minimum absolute atomic E-state index is 0.0936. The molecule has 0 radical (unpaired) electrons. The minimum Gasteiger partial charge on any atom is -0.508 e. The fourth-order valence-corrected chi connectivity index (χ4v) is 2.38. The third-order valence-electron chi connectivity index (χ3n) is 2.95. The Bertz CT molecular complexity index is 701. The number of rotatable bonds is 3. The summed E-state index contributed by atoms with van der Waals surface area (Å²) in [5.41, 5.74) is 0.593. The fourth-order valence-electron chi connectivity index (χ4n) is 1.80. The van der Waals surface area contributed by atoms with E-state index in [2.05, 4.69) is 15.9 Å². The number of carbonyl (C=O) groups is 1. The first-order valence-corrected chi connectivity index (χ1v) is 6.71. The summed E-state index contributed by atoms with van der Waals surface area (Å²) in [6.07, 6.45) is 0. The molecule has 0 heterocycles. The van der Waals surface area contributed by atoms with E-state index in [0.717, 1.165) is 0 Å². The zero-order valence-electron chi connectivity index (χ0n) is 11.0. The molecule has 0 unspecified atom stereocenters. The van der Waals surface area contributed by atoms with Crippen LogP contribution in [0.1, 0.15) is 10.4 Å². The summed E-state index contributed by atoms with van der Waals surface area (Å²) < 4.78 is 0.144. The molecule has 0 fully saturated rings. The number of nitrogens with zero attached hydrogens (tertiary/aromatic N) is 2. The maximum atomic E-state index is 12.4. The maximum absolute atomic E-state index is 12.4. The normalized spacial score (nSPS) is 10.2. The van der Waals surface area contributed by atoms with Crippen LogP contribution < -0.4 is 4.90 Å². The van der Waals surface area contributed by atoms with Crippen molar-refractivity contribution in [2.45, 2.75) is 0 Å². The molecule has 0 aliphatic heterocycles. The van der Waals surface area contributed by atoms with Crippen LogP contribution in [0.5, 0.6) is 5.75 Å². The molecule has 108 valence electrons. The number of phenolic OH excluding ortho intramolecular Hbond substituents is 1. The van der Waals surface area contributed by atoms with E-state index in [4.69, 9.17) is 0 Å². The van der Waals surface area contributed by atoms with Gasteiger partial charge in [0.15, 0.2) is 0 Å². The highest BCUT2D eigenvalue weighted by Gasteiger charge is 2.22. The highest BCUT2D eigenvalue weighted by atomic mass is 79.9. The van der Waals surface area contributed by atoms with Crippen LogP contribution in [0.3, 0.4) is 0 Å². The van der Waals surface area contributed by atoms with Crippen LogP contribution in [-0.2, 0) is 0 Å². The number of anilines is 1. The second-order valence-electron chi connectivity index (χ2n) is 4.28. The Morgan fingerprint density at radius 2 is 1.86 bits per heavy atom. The van der Waals surface area contributed by atoms with Gasteiger partial charge in [0.2, 0.25) is 0 Å². The van der Waals surface area contributed by atoms with Crippen molar-refractivity contribution in [3.8, 4) is 5.75 Å². The molecule has 0 saturated carbocycles. The molecule has 0 aliphatic rings. The number of benzene rings is 2. The summed E-state index contributed by atoms with van der Waals surface area (Å²) in [6.45, 7) is 0. The lowest BCUT2D eigenvalue weighted by atomic mass is 10.1. The fraction of sp³-hybridized carbons (Fsp3) is 0.0714. The van der Waals surface area contributed by atoms with Crippen molar-refractivity contribution in [3.63, 3.8) is 0 Å². The predicted octanol–water partition coefficient (Wildman–Crippen LogP) is 3.34. The van der Waals surface area contributed by atoms with Crippen LogP contribution in [-0.4, -0.2) is 23.0 Å². The number of aromatic hydroxyl groups is 1. The molecule has 0 bridgehead atoms. The number of nitro groups is 1. The molecule has 2 aromatic carbocycles. The van der Waals surface area contributed by atoms with Gasteiger partial charge in [0.05, 0.1) is 10.5 Å². The number of amides is 1. The van der Waals surface area contributed by atoms with E-state index in [-0.39, 0.29) is 21.5 Å². The number of phenols is 1. The molecular weight excluding hydrogens is 340 g/mol. The molecule has 7 heteroatoms. The zero-order valence-corrected chi connectivity index (χ0v) is 12.6. The van der Waals surface area contributed by atoms with Gasteiger partial charge < -0.3 is 10.0 Å². The van der Waals surface area contributed by atoms with Crippen molar-refractivity contribution >= 4 is 33.2 Å². The van der Waals surface area contributed by atoms with E-state index in [1.807, 2.05) is 0 Å². The first kappa shape index (κ1) is 15.0. The van der Waals surface area contributed by atoms with Crippen LogP contribution in [0, 0.1) is 10.1 Å². The van der Waals surface area contributed by atoms with E-state index in [1.54, 1.807) is 19.2 Å². The van der Waals surface area contributed by atoms with Gasteiger partial charge in [-0.15, -0.1) is 0 Å². The molecule has 0 aromatic heterocycles. The zero-order chi connectivity index (χ0) is 15.6. The molecule has 0 spiro atoms. The molecule has 0 aliphatic carbocycles. The van der Waals surface area contributed by atoms with E-state index in [1.165, 1.54) is 35.2 Å². The van der Waals surface area contributed by atoms with Gasteiger partial charge in [-0.25, -0.2) is 0 Å². The third-order valence-corrected chi connectivity index (χ3v) is 3.78. The molecule has 0 saturated heterocycles. The molecule has 0 atom stereocenters. The van der Waals surface area contributed by atoms with Gasteiger partial charge in [0, 0.05) is 18.8 Å². The van der Waals surface area contributed by atoms with Crippen LogP contribution in [0.4, 0.5) is 11.4 Å². The van der Waals surface area contributed by atoms with Crippen LogP contribution in [0.2, 0.25) is 0 Å². The Morgan fingerprint density at radius 3 is 2.43 bits per heavy atom. The molecule has 2 rings (SSSR count). The second kappa shape index (κ2) is 5.92. The van der Waals surface area contributed by atoms with Gasteiger partial charge in [0.25, 0.3) is 11.6 Å². The highest BCUT2D eigenvalue weighted by molar-refractivity contribution is 9.10. The van der Waals surface area contributed by atoms with Crippen molar-refractivity contribution in [3.05, 3.63) is 62.6 Å². The summed E-state index contributed by atoms with van der Waals surface area (Å²) >= 11 is 3.11. The van der Waals surface area contributed by atoms with E-state index in [0.29, 0.717) is 5.69 Å². The Balaban J connectivity index is 2.38. The first-order valence-electron chi connectivity index (χ1n) is 5.92. The molecule has 1 N–H and O–H groups in total. The van der Waals surface area contributed by atoms with Crippen LogP contribution in [0.25, 0.3) is 0 Å². The maximum Gasteiger partial charge on any atom is 0.284 e. The summed E-state index contributed by atoms with van der Waals surface area (Å²) in [6, 6.07) is 10.4. The van der Waals surface area contributed by atoms with Gasteiger partial charge in [-0.3, -0.25) is 14.9 Å². The molecule has 1 amide bonds. The molecule has 21 heavy (non-hydrogen) atoms. The van der Waals surface area contributed by atoms with Gasteiger partial charge in [0.1, 0.15) is 10.2 Å². The lowest BCUT2D eigenvalue weighted by molar-refractivity contribution is -0.385. The summed E-state index contributed by atoms with van der Waals surface area (Å²) in [5.74, 6) is -0.299. The summed E-state index contributed by atoms with van der Waals surface area (Å²) in [7, 11) is 1.56. The topological polar surface area (TPSA) is 83.7 Å². The SMILES string of the molecule is CN(C(=O)c1cccc([N+](=O)[O-])c1Br)c1ccc(O)cc1. The molecular formula is C14H11BrN2O4. The number of nitro benzene ring substituents is 1. The number of hydrogen-bond acceptors (Lipinski definition) is 4. The van der Waals surface area contributed by atoms with Crippen LogP contribution >= 0.6 is 15.9 Å². The van der Waals surface area contributed by atoms with Crippen molar-refractivity contribution in [2.24, 2.45) is 0 Å². The van der Waals surface area contributed by atoms with Crippen molar-refractivity contribution in [2.75, 3.05) is 11.9 Å². The first-order chi connectivity index (χ1) is 9.91. The van der Waals surface area contributed by atoms with Gasteiger partial charge in [-0.05, 0) is 46.3 Å². The minimum atomic E-state index is -0.554. The van der Waals surface area contributed by atoms with Crippen molar-refractivity contribution in [1.29, 1.82) is 0 Å². The van der Waals surface area contributed by atoms with E-state index >= 15 is 0 Å². The number of halogens is 1. The standard InChI is InChI=1S/C14H11BrN2O4/c1-16(9-5-7-10(18)8-6-9)14(19)11-3-2-4-12(13(11)15)17(20)21/h2-8,18H,1H3. The second-order valence-corrected chi connectivity index (χ2v) is 5.07. The number of hydrogen-bond donors (Lipinski definition) is 1. The van der Waals surface area contributed by atoms with Gasteiger partial charge in [-0.1, -0.05) is 6.07 Å². The lowest BCUT2D eigenvalue weighted by Crippen LogP contribution is -2.26. The summed E-state index contributed by atoms with van der Waals surface area (Å²) in [5, 5.41) is 20.1. The lowest BCUT2D eigenvalue weighted by Gasteiger charge is -2.18. The van der Waals surface area contributed by atoms with Gasteiger partial charge in [-0.2, -0.15) is 0 Å². The predicted molar refractivity (Wildman–Crippen MR) is 81.6 cm³/mol. The van der Waals surface area contributed by atoms with Crippen LogP contribution in [0.15, 0.2) is 46.9 Å². The Hall–Kier alpha value is -2.41. The third kappa shape index (κ3) is 3.03.